The Balaban J connectivity index is 0.00000324. The third-order valence-corrected chi connectivity index (χ3v) is 3.47. The number of nitrogens with zero attached hydrogens (tertiary/aromatic N) is 1. The number of nitrogens with two attached hydrogens (primary N) is 1. The largest absolute Gasteiger partial charge is 0.357 e. The number of amides is 2. The predicted octanol–water partition coefficient (Wildman–Crippen LogP) is 1.05. The molecule has 0 radical (unpaired) electrons. The van der Waals surface area contributed by atoms with Gasteiger partial charge in [-0.3, -0.25) is 9.59 Å². The van der Waals surface area contributed by atoms with Crippen LogP contribution in [0.5, 0.6) is 0 Å². The molecule has 5 nitrogen and oxygen atoms in total. The van der Waals surface area contributed by atoms with Crippen molar-refractivity contribution in [1.29, 1.82) is 0 Å². The van der Waals surface area contributed by atoms with Gasteiger partial charge < -0.3 is 16.0 Å². The molecule has 1 fully saturated rings. The van der Waals surface area contributed by atoms with Crippen molar-refractivity contribution in [2.75, 3.05) is 20.1 Å². The predicted molar refractivity (Wildman–Crippen MR) is 78.2 cm³/mol. The first-order chi connectivity index (χ1) is 8.70. The zero-order chi connectivity index (χ0) is 13.4. The Hall–Kier alpha value is -0.810. The highest BCUT2D eigenvalue weighted by molar-refractivity contribution is 5.88. The van der Waals surface area contributed by atoms with Gasteiger partial charge in [-0.2, -0.15) is 0 Å². The minimum absolute atomic E-state index is 0. The van der Waals surface area contributed by atoms with Crippen molar-refractivity contribution >= 4 is 24.2 Å². The molecule has 0 aromatic heterocycles. The van der Waals surface area contributed by atoms with Crippen LogP contribution in [-0.2, 0) is 9.59 Å². The van der Waals surface area contributed by atoms with Gasteiger partial charge in [0.2, 0.25) is 11.8 Å². The van der Waals surface area contributed by atoms with Crippen molar-refractivity contribution < 1.29 is 9.59 Å². The number of hydrogen-bond acceptors (Lipinski definition) is 3. The second kappa shape index (κ2) is 10.0. The minimum Gasteiger partial charge on any atom is -0.357 e. The first-order valence-electron chi connectivity index (χ1n) is 6.92. The Morgan fingerprint density at radius 2 is 1.95 bits per heavy atom. The molecule has 19 heavy (non-hydrogen) atoms. The SMILES string of the molecule is CNC(=O)C1CCCN1C(=O)CCCCCCN.Cl. The molecule has 0 aromatic rings. The van der Waals surface area contributed by atoms with Crippen LogP contribution in [0.15, 0.2) is 0 Å². The fourth-order valence-corrected chi connectivity index (χ4v) is 2.42. The summed E-state index contributed by atoms with van der Waals surface area (Å²) in [5, 5.41) is 2.63. The van der Waals surface area contributed by atoms with E-state index in [2.05, 4.69) is 5.32 Å². The van der Waals surface area contributed by atoms with Crippen LogP contribution in [0.25, 0.3) is 0 Å². The van der Waals surface area contributed by atoms with E-state index in [0.29, 0.717) is 6.42 Å². The topological polar surface area (TPSA) is 75.4 Å². The number of likely N-dealkylation sites (tertiary alicyclic amines) is 1. The fourth-order valence-electron chi connectivity index (χ4n) is 2.42. The number of nitrogens with one attached hydrogen (secondary N) is 1. The van der Waals surface area contributed by atoms with E-state index in [9.17, 15) is 9.59 Å². The summed E-state index contributed by atoms with van der Waals surface area (Å²) in [6, 6.07) is -0.244. The van der Waals surface area contributed by atoms with Crippen molar-refractivity contribution in [2.24, 2.45) is 5.73 Å². The van der Waals surface area contributed by atoms with E-state index in [4.69, 9.17) is 5.73 Å². The van der Waals surface area contributed by atoms with Gasteiger partial charge in [0.1, 0.15) is 6.04 Å². The summed E-state index contributed by atoms with van der Waals surface area (Å²) >= 11 is 0. The van der Waals surface area contributed by atoms with Crippen LogP contribution < -0.4 is 11.1 Å². The molecule has 1 atom stereocenters. The molecular weight excluding hydrogens is 266 g/mol. The first-order valence-corrected chi connectivity index (χ1v) is 6.92. The van der Waals surface area contributed by atoms with Crippen LogP contribution in [-0.4, -0.2) is 42.9 Å². The molecule has 0 bridgehead atoms. The van der Waals surface area contributed by atoms with Crippen LogP contribution >= 0.6 is 12.4 Å². The lowest BCUT2D eigenvalue weighted by Crippen LogP contribution is -2.44. The molecule has 0 aromatic carbocycles. The lowest BCUT2D eigenvalue weighted by Gasteiger charge is -2.23. The molecule has 1 aliphatic rings. The Bertz CT molecular complexity index is 287. The van der Waals surface area contributed by atoms with Crippen LogP contribution in [0.1, 0.15) is 44.9 Å². The number of rotatable bonds is 7. The molecule has 3 N–H and O–H groups in total. The van der Waals surface area contributed by atoms with Gasteiger partial charge in [-0.1, -0.05) is 12.8 Å². The van der Waals surface area contributed by atoms with Gasteiger partial charge >= 0.3 is 0 Å². The van der Waals surface area contributed by atoms with Gasteiger partial charge in [-0.15, -0.1) is 12.4 Å². The van der Waals surface area contributed by atoms with E-state index in [1.165, 1.54) is 0 Å². The highest BCUT2D eigenvalue weighted by Crippen LogP contribution is 2.19. The number of carbonyl (C=O) groups is 2. The maximum atomic E-state index is 12.0. The summed E-state index contributed by atoms with van der Waals surface area (Å²) in [4.78, 5) is 25.4. The summed E-state index contributed by atoms with van der Waals surface area (Å²) < 4.78 is 0. The van der Waals surface area contributed by atoms with Crippen molar-refractivity contribution in [3.8, 4) is 0 Å². The number of unbranched alkanes of at least 4 members (excludes halogenated alkanes) is 3. The zero-order valence-corrected chi connectivity index (χ0v) is 12.5. The highest BCUT2D eigenvalue weighted by Gasteiger charge is 2.32. The van der Waals surface area contributed by atoms with E-state index in [1.54, 1.807) is 11.9 Å². The van der Waals surface area contributed by atoms with Gasteiger partial charge in [0, 0.05) is 20.0 Å². The molecule has 1 heterocycles. The van der Waals surface area contributed by atoms with Gasteiger partial charge in [-0.25, -0.2) is 0 Å². The van der Waals surface area contributed by atoms with Crippen molar-refractivity contribution in [2.45, 2.75) is 51.0 Å². The molecule has 0 spiro atoms. The maximum Gasteiger partial charge on any atom is 0.242 e. The Morgan fingerprint density at radius 3 is 2.58 bits per heavy atom. The Labute approximate surface area is 121 Å². The van der Waals surface area contributed by atoms with Crippen molar-refractivity contribution in [3.63, 3.8) is 0 Å². The number of halogens is 1. The monoisotopic (exact) mass is 291 g/mol. The van der Waals surface area contributed by atoms with Crippen LogP contribution in [0, 0.1) is 0 Å². The summed E-state index contributed by atoms with van der Waals surface area (Å²) in [6.07, 6.45) is 6.33. The molecule has 1 saturated heterocycles. The highest BCUT2D eigenvalue weighted by atomic mass is 35.5. The van der Waals surface area contributed by atoms with E-state index < -0.39 is 0 Å². The van der Waals surface area contributed by atoms with Crippen LogP contribution in [0.3, 0.4) is 0 Å². The average molecular weight is 292 g/mol. The number of carbonyl (C=O) groups excluding carboxylic acids is 2. The van der Waals surface area contributed by atoms with Crippen molar-refractivity contribution in [1.82, 2.24) is 10.2 Å². The van der Waals surface area contributed by atoms with E-state index in [1.807, 2.05) is 0 Å². The first kappa shape index (κ1) is 18.2. The summed E-state index contributed by atoms with van der Waals surface area (Å²) in [5.41, 5.74) is 5.42. The van der Waals surface area contributed by atoms with Gasteiger partial charge in [0.25, 0.3) is 0 Å². The lowest BCUT2D eigenvalue weighted by atomic mass is 10.1. The number of hydrogen-bond donors (Lipinski definition) is 2. The maximum absolute atomic E-state index is 12.0. The lowest BCUT2D eigenvalue weighted by molar-refractivity contribution is -0.138. The molecule has 1 aliphatic heterocycles. The van der Waals surface area contributed by atoms with E-state index in [0.717, 1.165) is 51.6 Å². The molecule has 6 heteroatoms. The van der Waals surface area contributed by atoms with E-state index >= 15 is 0 Å². The molecule has 1 unspecified atom stereocenters. The second-order valence-electron chi connectivity index (χ2n) is 4.81. The summed E-state index contributed by atoms with van der Waals surface area (Å²) in [5.74, 6) is 0.0813. The minimum atomic E-state index is -0.244. The third-order valence-electron chi connectivity index (χ3n) is 3.47. The fraction of sp³-hybridized carbons (Fsp3) is 0.846. The second-order valence-corrected chi connectivity index (χ2v) is 4.81. The number of likely N-dealkylation sites (N-methyl/N-ethyl adjacent to an activating group) is 1. The Kier molecular flexibility index (Phi) is 9.61. The van der Waals surface area contributed by atoms with Crippen LogP contribution in [0.4, 0.5) is 0 Å². The molecular formula is C13H26ClN3O2. The molecule has 2 amide bonds. The molecule has 0 aliphatic carbocycles. The van der Waals surface area contributed by atoms with Crippen LogP contribution in [0.2, 0.25) is 0 Å². The third kappa shape index (κ3) is 5.78. The normalized spacial score (nSPS) is 18.0. The molecule has 1 rings (SSSR count). The van der Waals surface area contributed by atoms with E-state index in [-0.39, 0.29) is 30.3 Å². The van der Waals surface area contributed by atoms with Gasteiger partial charge in [-0.05, 0) is 32.2 Å². The standard InChI is InChI=1S/C13H25N3O2.ClH/c1-15-13(18)11-7-6-10-16(11)12(17)8-4-2-3-5-9-14;/h11H,2-10,14H2,1H3,(H,15,18);1H. The van der Waals surface area contributed by atoms with Crippen molar-refractivity contribution in [3.05, 3.63) is 0 Å². The summed E-state index contributed by atoms with van der Waals surface area (Å²) in [7, 11) is 1.62. The quantitative estimate of drug-likeness (QED) is 0.689. The summed E-state index contributed by atoms with van der Waals surface area (Å²) in [6.45, 7) is 1.44. The van der Waals surface area contributed by atoms with Gasteiger partial charge in [0.05, 0.1) is 0 Å². The van der Waals surface area contributed by atoms with Gasteiger partial charge in [0.15, 0.2) is 0 Å². The average Bonchev–Trinajstić information content (AvgIpc) is 2.86. The smallest absolute Gasteiger partial charge is 0.242 e. The molecule has 0 saturated carbocycles. The Morgan fingerprint density at radius 1 is 1.26 bits per heavy atom. The zero-order valence-electron chi connectivity index (χ0n) is 11.7. The molecule has 112 valence electrons.